The van der Waals surface area contributed by atoms with Crippen molar-refractivity contribution in [1.29, 1.82) is 0 Å². The van der Waals surface area contributed by atoms with E-state index in [2.05, 4.69) is 4.98 Å². The molecule has 2 rings (SSSR count). The topological polar surface area (TPSA) is 42.4 Å². The molecule has 1 unspecified atom stereocenters. The first-order valence-electron chi connectivity index (χ1n) is 5.50. The van der Waals surface area contributed by atoms with E-state index in [9.17, 15) is 5.11 Å². The molecule has 0 bridgehead atoms. The minimum absolute atomic E-state index is 0.532. The molecule has 0 saturated carbocycles. The third kappa shape index (κ3) is 3.04. The van der Waals surface area contributed by atoms with Crippen molar-refractivity contribution in [3.05, 3.63) is 59.9 Å². The van der Waals surface area contributed by atoms with Gasteiger partial charge in [0.05, 0.1) is 13.2 Å². The second-order valence-electron chi connectivity index (χ2n) is 3.86. The van der Waals surface area contributed by atoms with E-state index in [1.54, 1.807) is 19.5 Å². The molecule has 0 fully saturated rings. The van der Waals surface area contributed by atoms with E-state index in [0.29, 0.717) is 6.42 Å². The molecular formula is C14H15NO2. The van der Waals surface area contributed by atoms with E-state index in [0.717, 1.165) is 16.9 Å². The highest BCUT2D eigenvalue weighted by Gasteiger charge is 2.08. The Labute approximate surface area is 101 Å². The second kappa shape index (κ2) is 5.46. The summed E-state index contributed by atoms with van der Waals surface area (Å²) in [6, 6.07) is 11.4. The predicted molar refractivity (Wildman–Crippen MR) is 65.9 cm³/mol. The van der Waals surface area contributed by atoms with Gasteiger partial charge in [-0.15, -0.1) is 0 Å². The fraction of sp³-hybridized carbons (Fsp3) is 0.214. The number of aliphatic hydroxyl groups excluding tert-OH is 1. The van der Waals surface area contributed by atoms with Crippen molar-refractivity contribution in [1.82, 2.24) is 4.98 Å². The summed E-state index contributed by atoms with van der Waals surface area (Å²) >= 11 is 0. The molecule has 0 aliphatic carbocycles. The monoisotopic (exact) mass is 229 g/mol. The maximum absolute atomic E-state index is 10.1. The Morgan fingerprint density at radius 1 is 1.29 bits per heavy atom. The number of hydrogen-bond acceptors (Lipinski definition) is 3. The van der Waals surface area contributed by atoms with Crippen LogP contribution >= 0.6 is 0 Å². The Balaban J connectivity index is 2.10. The highest BCUT2D eigenvalue weighted by molar-refractivity contribution is 5.29. The van der Waals surface area contributed by atoms with Crippen LogP contribution in [0.25, 0.3) is 0 Å². The van der Waals surface area contributed by atoms with Crippen LogP contribution in [0.15, 0.2) is 48.8 Å². The van der Waals surface area contributed by atoms with E-state index in [4.69, 9.17) is 4.74 Å². The molecule has 88 valence electrons. The molecule has 1 atom stereocenters. The lowest BCUT2D eigenvalue weighted by molar-refractivity contribution is 0.178. The Kier molecular flexibility index (Phi) is 3.73. The number of benzene rings is 1. The summed E-state index contributed by atoms with van der Waals surface area (Å²) in [7, 11) is 1.64. The van der Waals surface area contributed by atoms with Crippen LogP contribution in [0.1, 0.15) is 17.2 Å². The Morgan fingerprint density at radius 3 is 2.88 bits per heavy atom. The SMILES string of the molecule is COc1cccc(CC(O)c2cccnc2)c1. The minimum atomic E-state index is -0.532. The van der Waals surface area contributed by atoms with Crippen molar-refractivity contribution >= 4 is 0 Å². The maximum atomic E-state index is 10.1. The fourth-order valence-electron chi connectivity index (χ4n) is 1.71. The summed E-state index contributed by atoms with van der Waals surface area (Å²) in [5.41, 5.74) is 1.87. The summed E-state index contributed by atoms with van der Waals surface area (Å²) in [6.07, 6.45) is 3.41. The first-order valence-corrected chi connectivity index (χ1v) is 5.50. The highest BCUT2D eigenvalue weighted by atomic mass is 16.5. The Hall–Kier alpha value is -1.87. The molecule has 1 heterocycles. The van der Waals surface area contributed by atoms with Crippen molar-refractivity contribution in [3.63, 3.8) is 0 Å². The quantitative estimate of drug-likeness (QED) is 0.875. The van der Waals surface area contributed by atoms with Crippen molar-refractivity contribution in [2.24, 2.45) is 0 Å². The first-order chi connectivity index (χ1) is 8.29. The van der Waals surface area contributed by atoms with Gasteiger partial charge in [-0.25, -0.2) is 0 Å². The maximum Gasteiger partial charge on any atom is 0.119 e. The van der Waals surface area contributed by atoms with Crippen molar-refractivity contribution in [3.8, 4) is 5.75 Å². The third-order valence-electron chi connectivity index (χ3n) is 2.63. The molecule has 1 aromatic carbocycles. The minimum Gasteiger partial charge on any atom is -0.497 e. The van der Waals surface area contributed by atoms with Crippen LogP contribution in [0.5, 0.6) is 5.75 Å². The van der Waals surface area contributed by atoms with Crippen LogP contribution in [-0.4, -0.2) is 17.2 Å². The van der Waals surface area contributed by atoms with Gasteiger partial charge in [-0.1, -0.05) is 18.2 Å². The van der Waals surface area contributed by atoms with Gasteiger partial charge in [0, 0.05) is 18.8 Å². The van der Waals surface area contributed by atoms with E-state index >= 15 is 0 Å². The molecule has 0 radical (unpaired) electrons. The summed E-state index contributed by atoms with van der Waals surface area (Å²) in [6.45, 7) is 0. The standard InChI is InChI=1S/C14H15NO2/c1-17-13-6-2-4-11(8-13)9-14(16)12-5-3-7-15-10-12/h2-8,10,14,16H,9H2,1H3. The van der Waals surface area contributed by atoms with Crippen LogP contribution in [-0.2, 0) is 6.42 Å². The zero-order chi connectivity index (χ0) is 12.1. The average molecular weight is 229 g/mol. The van der Waals surface area contributed by atoms with E-state index in [1.165, 1.54) is 0 Å². The second-order valence-corrected chi connectivity index (χ2v) is 3.86. The molecule has 0 aliphatic heterocycles. The number of aromatic nitrogens is 1. The van der Waals surface area contributed by atoms with Gasteiger partial charge in [-0.05, 0) is 29.3 Å². The van der Waals surface area contributed by atoms with Gasteiger partial charge in [0.1, 0.15) is 5.75 Å². The van der Waals surface area contributed by atoms with Gasteiger partial charge in [0.2, 0.25) is 0 Å². The average Bonchev–Trinajstić information content (AvgIpc) is 2.40. The fourth-order valence-corrected chi connectivity index (χ4v) is 1.71. The molecule has 0 aliphatic rings. The molecule has 3 nitrogen and oxygen atoms in total. The zero-order valence-corrected chi connectivity index (χ0v) is 9.71. The van der Waals surface area contributed by atoms with E-state index < -0.39 is 6.10 Å². The molecule has 17 heavy (non-hydrogen) atoms. The molecule has 1 N–H and O–H groups in total. The number of methoxy groups -OCH3 is 1. The lowest BCUT2D eigenvalue weighted by Gasteiger charge is -2.11. The summed E-state index contributed by atoms with van der Waals surface area (Å²) in [5.74, 6) is 0.806. The first kappa shape index (κ1) is 11.6. The molecule has 0 spiro atoms. The highest BCUT2D eigenvalue weighted by Crippen LogP contribution is 2.20. The number of aliphatic hydroxyl groups is 1. The molecular weight excluding hydrogens is 214 g/mol. The number of ether oxygens (including phenoxy) is 1. The number of hydrogen-bond donors (Lipinski definition) is 1. The van der Waals surface area contributed by atoms with Crippen LogP contribution in [0, 0.1) is 0 Å². The van der Waals surface area contributed by atoms with Gasteiger partial charge in [-0.2, -0.15) is 0 Å². The molecule has 3 heteroatoms. The van der Waals surface area contributed by atoms with Gasteiger partial charge in [0.25, 0.3) is 0 Å². The lowest BCUT2D eigenvalue weighted by Crippen LogP contribution is -2.02. The van der Waals surface area contributed by atoms with Crippen LogP contribution in [0.2, 0.25) is 0 Å². The lowest BCUT2D eigenvalue weighted by atomic mass is 10.0. The van der Waals surface area contributed by atoms with Gasteiger partial charge in [0.15, 0.2) is 0 Å². The van der Waals surface area contributed by atoms with E-state index in [1.807, 2.05) is 36.4 Å². The number of nitrogens with zero attached hydrogens (tertiary/aromatic N) is 1. The van der Waals surface area contributed by atoms with Gasteiger partial charge in [-0.3, -0.25) is 4.98 Å². The van der Waals surface area contributed by atoms with Crippen LogP contribution < -0.4 is 4.74 Å². The van der Waals surface area contributed by atoms with Gasteiger partial charge >= 0.3 is 0 Å². The largest absolute Gasteiger partial charge is 0.497 e. The summed E-state index contributed by atoms with van der Waals surface area (Å²) in [5, 5.41) is 10.1. The summed E-state index contributed by atoms with van der Waals surface area (Å²) in [4.78, 5) is 4.00. The molecule has 0 saturated heterocycles. The molecule has 0 amide bonds. The molecule has 2 aromatic rings. The smallest absolute Gasteiger partial charge is 0.119 e. The third-order valence-corrected chi connectivity index (χ3v) is 2.63. The molecule has 1 aromatic heterocycles. The summed E-state index contributed by atoms with van der Waals surface area (Å²) < 4.78 is 5.15. The van der Waals surface area contributed by atoms with Crippen LogP contribution in [0.3, 0.4) is 0 Å². The van der Waals surface area contributed by atoms with Crippen molar-refractivity contribution in [2.45, 2.75) is 12.5 Å². The van der Waals surface area contributed by atoms with E-state index in [-0.39, 0.29) is 0 Å². The van der Waals surface area contributed by atoms with Crippen molar-refractivity contribution in [2.75, 3.05) is 7.11 Å². The zero-order valence-electron chi connectivity index (χ0n) is 9.71. The van der Waals surface area contributed by atoms with Gasteiger partial charge < -0.3 is 9.84 Å². The Morgan fingerprint density at radius 2 is 2.18 bits per heavy atom. The number of rotatable bonds is 4. The van der Waals surface area contributed by atoms with Crippen molar-refractivity contribution < 1.29 is 9.84 Å². The normalized spacial score (nSPS) is 12.1. The number of pyridine rings is 1. The van der Waals surface area contributed by atoms with Crippen LogP contribution in [0.4, 0.5) is 0 Å². The Bertz CT molecular complexity index is 471. The predicted octanol–water partition coefficient (Wildman–Crippen LogP) is 2.37.